The van der Waals surface area contributed by atoms with Gasteiger partial charge in [-0.15, -0.1) is 0 Å². The molecule has 100 heavy (non-hydrogen) atoms. The molecule has 0 aliphatic rings. The van der Waals surface area contributed by atoms with Crippen molar-refractivity contribution in [1.29, 1.82) is 0 Å². The molecule has 17 nitrogen and oxygen atoms in total. The predicted molar refractivity (Wildman–Crippen MR) is 408 cm³/mol. The molecule has 576 valence electrons. The molecular weight excluding hydrogens is 1310 g/mol. The summed E-state index contributed by atoms with van der Waals surface area (Å²) in [4.78, 5) is 72.9. The van der Waals surface area contributed by atoms with Crippen molar-refractivity contribution < 1.29 is 80.2 Å². The van der Waals surface area contributed by atoms with Gasteiger partial charge in [0.05, 0.1) is 26.4 Å². The third-order valence-corrected chi connectivity index (χ3v) is 18.1. The largest absolute Gasteiger partial charge is 0.472 e. The average Bonchev–Trinajstić information content (AvgIpc) is 0.935. The number of hydrogen-bond donors (Lipinski definition) is 3. The standard InChI is InChI=1S/C81H140O17P2/c1-5-9-13-17-21-25-29-33-35-36-37-38-40-44-46-50-54-58-62-66-79(84)92-72-77(98-81(86)68-64-60-56-52-48-42-32-28-24-20-16-12-8-4)74-96-100(89,90)94-70-75(82)69-93-99(87,88)95-73-76(97-80(85)67-63-59-55-51-47-41-31-27-23-19-15-11-7-3)71-91-78(83)65-61-57-53-49-45-43-39-34-30-26-22-18-14-10-6-2/h9-10,13-14,21-22,25-26,28,32-35,37-39,44,46,75-77,82H,5-8,11-12,15-20,23-24,27,29-31,36,40-43,45,47-74H2,1-4H3,(H,87,88)(H,89,90)/b13-9-,14-10-,25-21-,26-22-,32-28-,35-33-,38-37-,39-34-,46-44-. The van der Waals surface area contributed by atoms with E-state index < -0.39 is 97.5 Å². The number of phosphoric ester groups is 2. The van der Waals surface area contributed by atoms with E-state index >= 15 is 0 Å². The van der Waals surface area contributed by atoms with E-state index in [1.807, 2.05) is 0 Å². The van der Waals surface area contributed by atoms with Crippen LogP contribution in [0.25, 0.3) is 0 Å². The Hall–Kier alpha value is -4.28. The Morgan fingerprint density at radius 1 is 0.290 bits per heavy atom. The van der Waals surface area contributed by atoms with Gasteiger partial charge in [-0.2, -0.15) is 0 Å². The van der Waals surface area contributed by atoms with Crippen LogP contribution in [0.2, 0.25) is 0 Å². The zero-order chi connectivity index (χ0) is 73.2. The van der Waals surface area contributed by atoms with Crippen LogP contribution in [-0.4, -0.2) is 96.7 Å². The van der Waals surface area contributed by atoms with Crippen molar-refractivity contribution in [3.63, 3.8) is 0 Å². The number of allylic oxidation sites excluding steroid dienone is 18. The van der Waals surface area contributed by atoms with Crippen LogP contribution in [0.5, 0.6) is 0 Å². The third-order valence-electron chi connectivity index (χ3n) is 16.2. The van der Waals surface area contributed by atoms with Crippen LogP contribution >= 0.6 is 15.6 Å². The molecular formula is C81H140O17P2. The number of rotatable bonds is 73. The normalized spacial score (nSPS) is 14.5. The van der Waals surface area contributed by atoms with Gasteiger partial charge in [-0.05, 0) is 128 Å². The first-order valence-electron chi connectivity index (χ1n) is 39.1. The third kappa shape index (κ3) is 72.1. The molecule has 0 saturated heterocycles. The fraction of sp³-hybridized carbons (Fsp3) is 0.728. The number of unbranched alkanes of at least 4 members (excludes halogenated alkanes) is 29. The number of hydrogen-bond acceptors (Lipinski definition) is 15. The molecule has 0 aromatic carbocycles. The van der Waals surface area contributed by atoms with Gasteiger partial charge in [-0.25, -0.2) is 9.13 Å². The summed E-state index contributed by atoms with van der Waals surface area (Å²) >= 11 is 0. The maximum atomic E-state index is 13.1. The fourth-order valence-electron chi connectivity index (χ4n) is 10.3. The number of phosphoric acid groups is 2. The minimum absolute atomic E-state index is 0.0764. The van der Waals surface area contributed by atoms with Crippen LogP contribution in [0, 0.1) is 0 Å². The Bertz CT molecular complexity index is 2320. The lowest BCUT2D eigenvalue weighted by molar-refractivity contribution is -0.161. The predicted octanol–water partition coefficient (Wildman–Crippen LogP) is 22.6. The Balaban J connectivity index is 5.37. The topological polar surface area (TPSA) is 237 Å². The van der Waals surface area contributed by atoms with Crippen molar-refractivity contribution in [2.75, 3.05) is 39.6 Å². The van der Waals surface area contributed by atoms with E-state index in [1.54, 1.807) is 0 Å². The van der Waals surface area contributed by atoms with E-state index in [0.29, 0.717) is 25.7 Å². The molecule has 0 saturated carbocycles. The van der Waals surface area contributed by atoms with Crippen LogP contribution in [0.15, 0.2) is 109 Å². The SMILES string of the molecule is CC/C=C\C/C=C\C/C=C\C/C=C\C/C=C\CCCCCC(=O)OCC(COP(=O)(O)OCC(O)COP(=O)(O)OCC(COC(=O)CCCCCCC/C=C\C/C=C\C/C=C\CC)OC(=O)CCCCCCCCCCCCCCC)OC(=O)CCCCCCC/C=C\CCCCCC. The zero-order valence-corrected chi connectivity index (χ0v) is 64.6. The van der Waals surface area contributed by atoms with Crippen LogP contribution in [-0.2, 0) is 65.4 Å². The summed E-state index contributed by atoms with van der Waals surface area (Å²) in [5, 5.41) is 10.6. The number of carbonyl (C=O) groups is 4. The molecule has 3 N–H and O–H groups in total. The minimum atomic E-state index is -4.98. The van der Waals surface area contributed by atoms with Gasteiger partial charge in [0.25, 0.3) is 0 Å². The number of ether oxygens (including phenoxy) is 4. The van der Waals surface area contributed by atoms with Gasteiger partial charge in [0.1, 0.15) is 19.3 Å². The summed E-state index contributed by atoms with van der Waals surface area (Å²) in [7, 11) is -9.96. The second kappa shape index (κ2) is 73.0. The van der Waals surface area contributed by atoms with Crippen molar-refractivity contribution in [2.24, 2.45) is 0 Å². The molecule has 0 radical (unpaired) electrons. The quantitative estimate of drug-likeness (QED) is 0.0169. The summed E-state index contributed by atoms with van der Waals surface area (Å²) in [6.07, 6.45) is 77.9. The van der Waals surface area contributed by atoms with Gasteiger partial charge in [0.15, 0.2) is 12.2 Å². The van der Waals surface area contributed by atoms with Gasteiger partial charge < -0.3 is 33.8 Å². The summed E-state index contributed by atoms with van der Waals surface area (Å²) in [5.41, 5.74) is 0. The number of aliphatic hydroxyl groups excluding tert-OH is 1. The summed E-state index contributed by atoms with van der Waals surface area (Å²) < 4.78 is 68.5. The molecule has 0 heterocycles. The van der Waals surface area contributed by atoms with Crippen LogP contribution < -0.4 is 0 Å². The van der Waals surface area contributed by atoms with Gasteiger partial charge in [0.2, 0.25) is 0 Å². The molecule has 0 amide bonds. The highest BCUT2D eigenvalue weighted by Crippen LogP contribution is 2.45. The van der Waals surface area contributed by atoms with Crippen LogP contribution in [0.3, 0.4) is 0 Å². The van der Waals surface area contributed by atoms with E-state index in [4.69, 9.17) is 37.0 Å². The second-order valence-electron chi connectivity index (χ2n) is 25.9. The maximum absolute atomic E-state index is 13.1. The summed E-state index contributed by atoms with van der Waals surface area (Å²) in [6, 6.07) is 0. The highest BCUT2D eigenvalue weighted by Gasteiger charge is 2.30. The van der Waals surface area contributed by atoms with Crippen molar-refractivity contribution in [3.8, 4) is 0 Å². The molecule has 5 unspecified atom stereocenters. The summed E-state index contributed by atoms with van der Waals surface area (Å²) in [6.45, 7) is 4.59. The Labute approximate surface area is 607 Å². The number of esters is 4. The van der Waals surface area contributed by atoms with E-state index in [1.165, 1.54) is 77.0 Å². The van der Waals surface area contributed by atoms with E-state index in [2.05, 4.69) is 137 Å². The average molecular weight is 1450 g/mol. The van der Waals surface area contributed by atoms with Crippen LogP contribution in [0.1, 0.15) is 323 Å². The van der Waals surface area contributed by atoms with E-state index in [-0.39, 0.29) is 25.7 Å². The molecule has 0 bridgehead atoms. The highest BCUT2D eigenvalue weighted by molar-refractivity contribution is 7.47. The smallest absolute Gasteiger partial charge is 0.462 e. The lowest BCUT2D eigenvalue weighted by Crippen LogP contribution is -2.30. The lowest BCUT2D eigenvalue weighted by Gasteiger charge is -2.21. The molecule has 0 aromatic heterocycles. The second-order valence-corrected chi connectivity index (χ2v) is 28.8. The Morgan fingerprint density at radius 2 is 0.520 bits per heavy atom. The first-order chi connectivity index (χ1) is 48.7. The van der Waals surface area contributed by atoms with Crippen molar-refractivity contribution in [2.45, 2.75) is 341 Å². The lowest BCUT2D eigenvalue weighted by atomic mass is 10.0. The van der Waals surface area contributed by atoms with Gasteiger partial charge in [-0.3, -0.25) is 37.3 Å². The molecule has 0 spiro atoms. The van der Waals surface area contributed by atoms with Gasteiger partial charge in [-0.1, -0.05) is 278 Å². The minimum Gasteiger partial charge on any atom is -0.462 e. The first kappa shape index (κ1) is 95.7. The maximum Gasteiger partial charge on any atom is 0.472 e. The number of carbonyl (C=O) groups excluding carboxylic acids is 4. The molecule has 5 atom stereocenters. The molecule has 19 heteroatoms. The first-order valence-corrected chi connectivity index (χ1v) is 42.1. The molecule has 0 aliphatic carbocycles. The van der Waals surface area contributed by atoms with Crippen LogP contribution in [0.4, 0.5) is 0 Å². The highest BCUT2D eigenvalue weighted by atomic mass is 31.2. The fourth-order valence-corrected chi connectivity index (χ4v) is 11.9. The summed E-state index contributed by atoms with van der Waals surface area (Å²) in [5.74, 6) is -2.23. The molecule has 0 fully saturated rings. The Morgan fingerprint density at radius 3 is 0.830 bits per heavy atom. The molecule has 0 aliphatic heterocycles. The Kier molecular flexibility index (Phi) is 69.9. The number of aliphatic hydroxyl groups is 1. The van der Waals surface area contributed by atoms with Crippen molar-refractivity contribution in [3.05, 3.63) is 109 Å². The molecule has 0 rings (SSSR count). The van der Waals surface area contributed by atoms with Gasteiger partial charge >= 0.3 is 39.5 Å². The van der Waals surface area contributed by atoms with Crippen molar-refractivity contribution in [1.82, 2.24) is 0 Å². The zero-order valence-electron chi connectivity index (χ0n) is 62.8. The molecule has 0 aromatic rings. The van der Waals surface area contributed by atoms with E-state index in [0.717, 1.165) is 167 Å². The van der Waals surface area contributed by atoms with E-state index in [9.17, 15) is 43.2 Å². The van der Waals surface area contributed by atoms with Gasteiger partial charge in [0, 0.05) is 25.7 Å². The monoisotopic (exact) mass is 1450 g/mol. The van der Waals surface area contributed by atoms with Crippen molar-refractivity contribution >= 4 is 39.5 Å².